The van der Waals surface area contributed by atoms with Crippen molar-refractivity contribution in [2.75, 3.05) is 4.90 Å². The van der Waals surface area contributed by atoms with E-state index in [0.717, 1.165) is 10.5 Å². The molecular weight excluding hydrogens is 322 g/mol. The second kappa shape index (κ2) is 8.47. The number of carbonyl (C=O) groups is 3. The van der Waals surface area contributed by atoms with Gasteiger partial charge in [-0.15, -0.1) is 0 Å². The summed E-state index contributed by atoms with van der Waals surface area (Å²) in [4.78, 5) is 36.4. The van der Waals surface area contributed by atoms with Crippen LogP contribution in [0.4, 0.5) is 5.69 Å². The quantitative estimate of drug-likeness (QED) is 0.669. The standard InChI is InChI=1S/C15H17NO3S.C4H8/c1-9(2)12(17)7-10-3-5-11(6-4-10)16-14(18)8-13(20)15(16)19;1-2-4-3-1/h3-6,9,13,20H,7-8H2,1-2H3;1-4H2. The summed E-state index contributed by atoms with van der Waals surface area (Å²) in [6.45, 7) is 3.73. The lowest BCUT2D eigenvalue weighted by molar-refractivity contribution is -0.122. The van der Waals surface area contributed by atoms with E-state index in [2.05, 4.69) is 12.6 Å². The molecule has 130 valence electrons. The van der Waals surface area contributed by atoms with Gasteiger partial charge in [0.1, 0.15) is 5.78 Å². The number of ketones is 1. The number of imide groups is 1. The van der Waals surface area contributed by atoms with Gasteiger partial charge in [-0.3, -0.25) is 14.4 Å². The fraction of sp³-hybridized carbons (Fsp3) is 0.526. The van der Waals surface area contributed by atoms with Crippen molar-refractivity contribution in [1.29, 1.82) is 0 Å². The highest BCUT2D eigenvalue weighted by molar-refractivity contribution is 7.82. The molecule has 2 aliphatic rings. The van der Waals surface area contributed by atoms with Gasteiger partial charge < -0.3 is 0 Å². The summed E-state index contributed by atoms with van der Waals surface area (Å²) in [7, 11) is 0. The number of anilines is 1. The van der Waals surface area contributed by atoms with Crippen LogP contribution < -0.4 is 4.90 Å². The van der Waals surface area contributed by atoms with Gasteiger partial charge in [0.2, 0.25) is 11.8 Å². The van der Waals surface area contributed by atoms with E-state index in [9.17, 15) is 14.4 Å². The van der Waals surface area contributed by atoms with Crippen LogP contribution in [0, 0.1) is 5.92 Å². The zero-order chi connectivity index (χ0) is 17.7. The maximum absolute atomic E-state index is 11.8. The smallest absolute Gasteiger partial charge is 0.247 e. The number of hydrogen-bond donors (Lipinski definition) is 1. The molecule has 0 radical (unpaired) electrons. The lowest BCUT2D eigenvalue weighted by Gasteiger charge is -2.14. The summed E-state index contributed by atoms with van der Waals surface area (Å²) in [6, 6.07) is 6.96. The number of Topliss-reactive ketones (excluding diaryl/α,β-unsaturated/α-hetero) is 1. The highest BCUT2D eigenvalue weighted by atomic mass is 32.1. The summed E-state index contributed by atoms with van der Waals surface area (Å²) in [5, 5.41) is -0.551. The van der Waals surface area contributed by atoms with Crippen LogP contribution in [-0.2, 0) is 20.8 Å². The van der Waals surface area contributed by atoms with E-state index >= 15 is 0 Å². The van der Waals surface area contributed by atoms with Gasteiger partial charge in [-0.1, -0.05) is 51.7 Å². The molecule has 1 heterocycles. The molecular formula is C19H25NO3S. The maximum Gasteiger partial charge on any atom is 0.247 e. The number of hydrogen-bond acceptors (Lipinski definition) is 4. The van der Waals surface area contributed by atoms with Gasteiger partial charge in [-0.2, -0.15) is 12.6 Å². The minimum absolute atomic E-state index is 0.00125. The Labute approximate surface area is 149 Å². The first-order valence-electron chi connectivity index (χ1n) is 8.56. The Morgan fingerprint density at radius 1 is 1.12 bits per heavy atom. The second-order valence-electron chi connectivity index (χ2n) is 6.67. The molecule has 0 spiro atoms. The molecule has 0 bridgehead atoms. The van der Waals surface area contributed by atoms with Crippen LogP contribution in [-0.4, -0.2) is 22.8 Å². The predicted molar refractivity (Wildman–Crippen MR) is 98.3 cm³/mol. The van der Waals surface area contributed by atoms with Crippen molar-refractivity contribution >= 4 is 35.9 Å². The van der Waals surface area contributed by atoms with Crippen molar-refractivity contribution in [3.8, 4) is 0 Å². The Morgan fingerprint density at radius 2 is 1.67 bits per heavy atom. The lowest BCUT2D eigenvalue weighted by atomic mass is 10.0. The van der Waals surface area contributed by atoms with Gasteiger partial charge in [-0.05, 0) is 17.7 Å². The van der Waals surface area contributed by atoms with Gasteiger partial charge in [0, 0.05) is 18.8 Å². The monoisotopic (exact) mass is 347 g/mol. The summed E-state index contributed by atoms with van der Waals surface area (Å²) in [5.74, 6) is -0.354. The minimum Gasteiger partial charge on any atom is -0.299 e. The number of benzene rings is 1. The van der Waals surface area contributed by atoms with Gasteiger partial charge in [0.15, 0.2) is 0 Å². The third kappa shape index (κ3) is 4.69. The molecule has 1 aromatic carbocycles. The van der Waals surface area contributed by atoms with Crippen LogP contribution in [0.3, 0.4) is 0 Å². The van der Waals surface area contributed by atoms with Crippen LogP contribution >= 0.6 is 12.6 Å². The molecule has 1 saturated heterocycles. The van der Waals surface area contributed by atoms with Gasteiger partial charge in [0.25, 0.3) is 0 Å². The largest absolute Gasteiger partial charge is 0.299 e. The molecule has 2 amide bonds. The van der Waals surface area contributed by atoms with E-state index in [1.54, 1.807) is 24.3 Å². The molecule has 1 aromatic rings. The SMILES string of the molecule is C1CCC1.CC(C)C(=O)Cc1ccc(N2C(=O)CC(S)C2=O)cc1. The third-order valence-corrected chi connectivity index (χ3v) is 4.74. The van der Waals surface area contributed by atoms with Crippen LogP contribution in [0.15, 0.2) is 24.3 Å². The van der Waals surface area contributed by atoms with E-state index in [-0.39, 0.29) is 29.9 Å². The number of nitrogens with zero attached hydrogens (tertiary/aromatic N) is 1. The predicted octanol–water partition coefficient (Wildman–Crippen LogP) is 3.58. The van der Waals surface area contributed by atoms with Crippen molar-refractivity contribution < 1.29 is 14.4 Å². The topological polar surface area (TPSA) is 54.5 Å². The van der Waals surface area contributed by atoms with E-state index in [0.29, 0.717) is 12.1 Å². The Morgan fingerprint density at radius 3 is 2.04 bits per heavy atom. The Balaban J connectivity index is 0.000000454. The zero-order valence-corrected chi connectivity index (χ0v) is 15.2. The molecule has 24 heavy (non-hydrogen) atoms. The van der Waals surface area contributed by atoms with E-state index in [1.807, 2.05) is 13.8 Å². The minimum atomic E-state index is -0.551. The van der Waals surface area contributed by atoms with Crippen molar-refractivity contribution in [3.63, 3.8) is 0 Å². The molecule has 0 N–H and O–H groups in total. The summed E-state index contributed by atoms with van der Waals surface area (Å²) >= 11 is 4.09. The van der Waals surface area contributed by atoms with Crippen LogP contribution in [0.5, 0.6) is 0 Å². The van der Waals surface area contributed by atoms with E-state index in [1.165, 1.54) is 25.7 Å². The maximum atomic E-state index is 11.8. The fourth-order valence-corrected chi connectivity index (χ4v) is 2.58. The molecule has 5 heteroatoms. The first-order chi connectivity index (χ1) is 11.4. The zero-order valence-electron chi connectivity index (χ0n) is 14.3. The first-order valence-corrected chi connectivity index (χ1v) is 9.08. The summed E-state index contributed by atoms with van der Waals surface area (Å²) < 4.78 is 0. The fourth-order valence-electron chi connectivity index (χ4n) is 2.31. The van der Waals surface area contributed by atoms with Crippen molar-refractivity contribution in [3.05, 3.63) is 29.8 Å². The average molecular weight is 347 g/mol. The number of thiol groups is 1. The third-order valence-electron chi connectivity index (χ3n) is 4.34. The lowest BCUT2D eigenvalue weighted by Crippen LogP contribution is -2.30. The highest BCUT2D eigenvalue weighted by Gasteiger charge is 2.37. The summed E-state index contributed by atoms with van der Waals surface area (Å²) in [5.41, 5.74) is 1.42. The van der Waals surface area contributed by atoms with Crippen molar-refractivity contribution in [1.82, 2.24) is 0 Å². The molecule has 1 aliphatic heterocycles. The van der Waals surface area contributed by atoms with Gasteiger partial charge in [-0.25, -0.2) is 4.90 Å². The number of amides is 2. The highest BCUT2D eigenvalue weighted by Crippen LogP contribution is 2.25. The number of carbonyl (C=O) groups excluding carboxylic acids is 3. The summed E-state index contributed by atoms with van der Waals surface area (Å²) in [6.07, 6.45) is 6.50. The van der Waals surface area contributed by atoms with Crippen LogP contribution in [0.1, 0.15) is 51.5 Å². The molecule has 2 fully saturated rings. The molecule has 3 rings (SSSR count). The molecule has 1 saturated carbocycles. The molecule has 0 aromatic heterocycles. The van der Waals surface area contributed by atoms with Crippen molar-refractivity contribution in [2.45, 2.75) is 57.6 Å². The Bertz CT molecular complexity index is 602. The number of rotatable bonds is 4. The molecule has 1 unspecified atom stereocenters. The normalized spacial score (nSPS) is 19.8. The van der Waals surface area contributed by atoms with E-state index in [4.69, 9.17) is 0 Å². The average Bonchev–Trinajstić information content (AvgIpc) is 2.71. The second-order valence-corrected chi connectivity index (χ2v) is 7.29. The molecule has 1 aliphatic carbocycles. The van der Waals surface area contributed by atoms with E-state index < -0.39 is 5.25 Å². The van der Waals surface area contributed by atoms with Crippen LogP contribution in [0.2, 0.25) is 0 Å². The molecule has 1 atom stereocenters. The Hall–Kier alpha value is -1.62. The Kier molecular flexibility index (Phi) is 6.60. The molecule has 4 nitrogen and oxygen atoms in total. The van der Waals surface area contributed by atoms with Crippen molar-refractivity contribution in [2.24, 2.45) is 5.92 Å². The van der Waals surface area contributed by atoms with Gasteiger partial charge >= 0.3 is 0 Å². The van der Waals surface area contributed by atoms with Crippen LogP contribution in [0.25, 0.3) is 0 Å². The van der Waals surface area contributed by atoms with Gasteiger partial charge in [0.05, 0.1) is 10.9 Å². The first kappa shape index (κ1) is 18.7.